The zero-order valence-electron chi connectivity index (χ0n) is 9.17. The minimum atomic E-state index is 0.360. The third kappa shape index (κ3) is 2.82. The average molecular weight is 205 g/mol. The van der Waals surface area contributed by atoms with Gasteiger partial charge in [-0.05, 0) is 31.6 Å². The van der Waals surface area contributed by atoms with Crippen molar-refractivity contribution in [2.75, 3.05) is 0 Å². The Hall–Kier alpha value is -0.810. The van der Waals surface area contributed by atoms with Gasteiger partial charge in [0.2, 0.25) is 0 Å². The lowest BCUT2D eigenvalue weighted by molar-refractivity contribution is -0.120. The summed E-state index contributed by atoms with van der Waals surface area (Å²) in [5.41, 5.74) is 0. The second kappa shape index (κ2) is 4.81. The third-order valence-corrected chi connectivity index (χ3v) is 3.64. The molecule has 0 aromatic carbocycles. The Morgan fingerprint density at radius 3 is 2.60 bits per heavy atom. The Labute approximate surface area is 91.8 Å². The van der Waals surface area contributed by atoms with Gasteiger partial charge in [0.1, 0.15) is 5.78 Å². The summed E-state index contributed by atoms with van der Waals surface area (Å²) in [6.07, 6.45) is 12.1. The standard InChI is InChI=1S/C13H19NO/c1-2-3-4-13(15)9-10-7-11-5-6-12(8-10)14-11/h1,10-12,14H,3-9H2. The number of Topliss-reactive ketones (excluding diaryl/α,β-unsaturated/α-hetero) is 1. The van der Waals surface area contributed by atoms with E-state index in [1.165, 1.54) is 25.7 Å². The van der Waals surface area contributed by atoms with Crippen LogP contribution in [-0.4, -0.2) is 17.9 Å². The third-order valence-electron chi connectivity index (χ3n) is 3.64. The van der Waals surface area contributed by atoms with E-state index >= 15 is 0 Å². The molecule has 0 aliphatic carbocycles. The number of fused-ring (bicyclic) bond motifs is 2. The molecule has 2 atom stereocenters. The highest BCUT2D eigenvalue weighted by molar-refractivity contribution is 5.78. The van der Waals surface area contributed by atoms with E-state index in [4.69, 9.17) is 6.42 Å². The molecule has 2 bridgehead atoms. The summed E-state index contributed by atoms with van der Waals surface area (Å²) in [5, 5.41) is 3.59. The molecular formula is C13H19NO. The normalized spacial score (nSPS) is 33.7. The van der Waals surface area contributed by atoms with Crippen LogP contribution in [0, 0.1) is 18.3 Å². The van der Waals surface area contributed by atoms with Crippen molar-refractivity contribution in [1.82, 2.24) is 5.32 Å². The van der Waals surface area contributed by atoms with Crippen molar-refractivity contribution in [3.05, 3.63) is 0 Å². The second-order valence-electron chi connectivity index (χ2n) is 4.92. The first-order valence-electron chi connectivity index (χ1n) is 5.99. The van der Waals surface area contributed by atoms with Gasteiger partial charge in [0, 0.05) is 31.3 Å². The van der Waals surface area contributed by atoms with Crippen molar-refractivity contribution in [2.24, 2.45) is 5.92 Å². The van der Waals surface area contributed by atoms with Crippen molar-refractivity contribution in [1.29, 1.82) is 0 Å². The number of ketones is 1. The Balaban J connectivity index is 1.76. The van der Waals surface area contributed by atoms with E-state index in [0.29, 0.717) is 36.6 Å². The maximum absolute atomic E-state index is 11.6. The highest BCUT2D eigenvalue weighted by Crippen LogP contribution is 2.32. The monoisotopic (exact) mass is 205 g/mol. The predicted octanol–water partition coefficient (Wildman–Crippen LogP) is 1.89. The summed E-state index contributed by atoms with van der Waals surface area (Å²) in [4.78, 5) is 11.6. The first kappa shape index (κ1) is 10.7. The fraction of sp³-hybridized carbons (Fsp3) is 0.769. The van der Waals surface area contributed by atoms with E-state index in [2.05, 4.69) is 11.2 Å². The van der Waals surface area contributed by atoms with Crippen molar-refractivity contribution in [3.63, 3.8) is 0 Å². The number of piperidine rings is 1. The molecule has 2 heteroatoms. The van der Waals surface area contributed by atoms with Crippen LogP contribution in [0.1, 0.15) is 44.9 Å². The van der Waals surface area contributed by atoms with Gasteiger partial charge in [-0.15, -0.1) is 12.3 Å². The molecule has 2 aliphatic heterocycles. The molecule has 1 N–H and O–H groups in total. The van der Waals surface area contributed by atoms with E-state index in [-0.39, 0.29) is 0 Å². The van der Waals surface area contributed by atoms with Crippen molar-refractivity contribution >= 4 is 5.78 Å². The Morgan fingerprint density at radius 2 is 2.00 bits per heavy atom. The van der Waals surface area contributed by atoms with Gasteiger partial charge in [0.15, 0.2) is 0 Å². The van der Waals surface area contributed by atoms with Crippen LogP contribution in [0.2, 0.25) is 0 Å². The van der Waals surface area contributed by atoms with Crippen LogP contribution in [0.15, 0.2) is 0 Å². The summed E-state index contributed by atoms with van der Waals surface area (Å²) in [7, 11) is 0. The van der Waals surface area contributed by atoms with Gasteiger partial charge in [-0.3, -0.25) is 4.79 Å². The Morgan fingerprint density at radius 1 is 1.33 bits per heavy atom. The van der Waals surface area contributed by atoms with Crippen LogP contribution in [0.4, 0.5) is 0 Å². The second-order valence-corrected chi connectivity index (χ2v) is 4.92. The SMILES string of the molecule is C#CCCC(=O)CC1CC2CCC(C1)N2. The molecule has 2 fully saturated rings. The lowest BCUT2D eigenvalue weighted by Crippen LogP contribution is -2.38. The van der Waals surface area contributed by atoms with Gasteiger partial charge in [-0.2, -0.15) is 0 Å². The Kier molecular flexibility index (Phi) is 3.43. The molecule has 2 aliphatic rings. The summed E-state index contributed by atoms with van der Waals surface area (Å²) in [6, 6.07) is 1.38. The number of terminal acetylenes is 1. The zero-order valence-corrected chi connectivity index (χ0v) is 9.17. The molecule has 2 rings (SSSR count). The van der Waals surface area contributed by atoms with E-state index in [9.17, 15) is 4.79 Å². The molecule has 0 saturated carbocycles. The van der Waals surface area contributed by atoms with Gasteiger partial charge in [0.25, 0.3) is 0 Å². The van der Waals surface area contributed by atoms with Crippen molar-refractivity contribution in [3.8, 4) is 12.3 Å². The van der Waals surface area contributed by atoms with Crippen LogP contribution in [0.3, 0.4) is 0 Å². The van der Waals surface area contributed by atoms with Crippen LogP contribution >= 0.6 is 0 Å². The van der Waals surface area contributed by atoms with Gasteiger partial charge in [0.05, 0.1) is 0 Å². The van der Waals surface area contributed by atoms with Crippen LogP contribution < -0.4 is 5.32 Å². The molecule has 0 aromatic rings. The highest BCUT2D eigenvalue weighted by atomic mass is 16.1. The molecule has 0 aromatic heterocycles. The smallest absolute Gasteiger partial charge is 0.134 e. The molecular weight excluding hydrogens is 186 g/mol. The Bertz CT molecular complexity index is 267. The predicted molar refractivity (Wildman–Crippen MR) is 60.4 cm³/mol. The van der Waals surface area contributed by atoms with E-state index in [0.717, 1.165) is 6.42 Å². The number of carbonyl (C=O) groups is 1. The maximum atomic E-state index is 11.6. The van der Waals surface area contributed by atoms with Crippen LogP contribution in [-0.2, 0) is 4.79 Å². The number of nitrogens with one attached hydrogen (secondary N) is 1. The first-order chi connectivity index (χ1) is 7.28. The molecule has 82 valence electrons. The van der Waals surface area contributed by atoms with Crippen LogP contribution in [0.5, 0.6) is 0 Å². The molecule has 0 amide bonds. The van der Waals surface area contributed by atoms with E-state index in [1.54, 1.807) is 0 Å². The minimum absolute atomic E-state index is 0.360. The van der Waals surface area contributed by atoms with Crippen molar-refractivity contribution in [2.45, 2.75) is 57.0 Å². The molecule has 0 spiro atoms. The van der Waals surface area contributed by atoms with Gasteiger partial charge in [-0.25, -0.2) is 0 Å². The van der Waals surface area contributed by atoms with Gasteiger partial charge < -0.3 is 5.32 Å². The van der Waals surface area contributed by atoms with Crippen LogP contribution in [0.25, 0.3) is 0 Å². The molecule has 15 heavy (non-hydrogen) atoms. The van der Waals surface area contributed by atoms with E-state index < -0.39 is 0 Å². The van der Waals surface area contributed by atoms with Gasteiger partial charge in [-0.1, -0.05) is 0 Å². The van der Waals surface area contributed by atoms with Gasteiger partial charge >= 0.3 is 0 Å². The summed E-state index contributed by atoms with van der Waals surface area (Å²) in [5.74, 6) is 3.51. The van der Waals surface area contributed by atoms with Crippen molar-refractivity contribution < 1.29 is 4.79 Å². The molecule has 2 nitrogen and oxygen atoms in total. The maximum Gasteiger partial charge on any atom is 0.134 e. The quantitative estimate of drug-likeness (QED) is 0.710. The molecule has 2 saturated heterocycles. The topological polar surface area (TPSA) is 29.1 Å². The fourth-order valence-electron chi connectivity index (χ4n) is 2.98. The first-order valence-corrected chi connectivity index (χ1v) is 5.99. The number of carbonyl (C=O) groups excluding carboxylic acids is 1. The largest absolute Gasteiger partial charge is 0.311 e. The average Bonchev–Trinajstić information content (AvgIpc) is 2.55. The number of hydrogen-bond acceptors (Lipinski definition) is 2. The molecule has 0 radical (unpaired) electrons. The minimum Gasteiger partial charge on any atom is -0.311 e. The van der Waals surface area contributed by atoms with E-state index in [1.807, 2.05) is 0 Å². The lowest BCUT2D eigenvalue weighted by Gasteiger charge is -2.28. The zero-order chi connectivity index (χ0) is 10.7. The fourth-order valence-corrected chi connectivity index (χ4v) is 2.98. The number of hydrogen-bond donors (Lipinski definition) is 1. The summed E-state index contributed by atoms with van der Waals surface area (Å²) >= 11 is 0. The lowest BCUT2D eigenvalue weighted by atomic mass is 9.87. The molecule has 2 heterocycles. The summed E-state index contributed by atoms with van der Waals surface area (Å²) in [6.45, 7) is 0. The number of rotatable bonds is 4. The summed E-state index contributed by atoms with van der Waals surface area (Å²) < 4.78 is 0. The molecule has 2 unspecified atom stereocenters. The highest BCUT2D eigenvalue weighted by Gasteiger charge is 2.33.